The molecule has 1 unspecified atom stereocenters. The summed E-state index contributed by atoms with van der Waals surface area (Å²) < 4.78 is 5.52. The van der Waals surface area contributed by atoms with Crippen molar-refractivity contribution in [1.82, 2.24) is 0 Å². The standard InChI is InChI=1S/C9H13.C5H5.CH3.3ClH.H2Si.Zr/c1-6-5-7(2)9(4)8(6)3;1-2-4-5-3-1;;;;;;/h6H,1-4H3;1-3H,4H2;1H3;3*1H;1H2;/q;;;;;;;+1/p-1. The maximum atomic E-state index is 7.35. The summed E-state index contributed by atoms with van der Waals surface area (Å²) in [5.74, 6) is 0.539. The molecule has 0 fully saturated rings. The summed E-state index contributed by atoms with van der Waals surface area (Å²) in [5.41, 5.74) is 4.47. The molecule has 0 nitrogen and oxygen atoms in total. The third-order valence-electron chi connectivity index (χ3n) is 4.94. The fourth-order valence-electron chi connectivity index (χ4n) is 3.51. The van der Waals surface area contributed by atoms with Crippen molar-refractivity contribution in [2.24, 2.45) is 5.92 Å². The van der Waals surface area contributed by atoms with E-state index in [1.807, 2.05) is 0 Å². The Morgan fingerprint density at radius 2 is 1.75 bits per heavy atom. The van der Waals surface area contributed by atoms with Crippen molar-refractivity contribution in [3.63, 3.8) is 0 Å². The molecule has 0 heterocycles. The molecule has 0 aromatic rings. The first kappa shape index (κ1) is 20.9. The molecule has 2 aliphatic rings. The molecule has 0 aliphatic heterocycles. The maximum absolute atomic E-state index is 7.35. The van der Waals surface area contributed by atoms with Crippen LogP contribution in [0.3, 0.4) is 0 Å². The van der Waals surface area contributed by atoms with E-state index in [0.717, 1.165) is 6.42 Å². The van der Waals surface area contributed by atoms with Gasteiger partial charge < -0.3 is 0 Å². The predicted molar refractivity (Wildman–Crippen MR) is 96.8 cm³/mol. The summed E-state index contributed by atoms with van der Waals surface area (Å²) in [7, 11) is 7.35. The summed E-state index contributed by atoms with van der Waals surface area (Å²) in [6, 6.07) is 0. The number of rotatable bonds is 2. The molecule has 0 aromatic heterocycles. The summed E-state index contributed by atoms with van der Waals surface area (Å²) in [4.78, 5) is 0. The topological polar surface area (TPSA) is 0 Å². The van der Waals surface area contributed by atoms with E-state index in [1.165, 1.54) is 20.0 Å². The van der Waals surface area contributed by atoms with E-state index in [0.29, 0.717) is 5.92 Å². The van der Waals surface area contributed by atoms with Crippen LogP contribution in [-0.2, 0) is 16.2 Å². The van der Waals surface area contributed by atoms with Crippen molar-refractivity contribution in [2.45, 2.75) is 38.7 Å². The van der Waals surface area contributed by atoms with Gasteiger partial charge in [0.05, 0.1) is 0 Å². The Bertz CT molecular complexity index is 603. The minimum absolute atomic E-state index is 0. The number of hydrogen-bond acceptors (Lipinski definition) is 0. The fraction of sp³-hybridized carbons (Fsp3) is 0.467. The Morgan fingerprint density at radius 1 is 1.20 bits per heavy atom. The molecule has 114 valence electrons. The van der Waals surface area contributed by atoms with Crippen LogP contribution in [0.4, 0.5) is 0 Å². The van der Waals surface area contributed by atoms with E-state index >= 15 is 0 Å². The molecule has 0 N–H and O–H groups in total. The van der Waals surface area contributed by atoms with Gasteiger partial charge in [-0.1, -0.05) is 0 Å². The molecule has 0 spiro atoms. The van der Waals surface area contributed by atoms with Crippen LogP contribution in [0.5, 0.6) is 0 Å². The Morgan fingerprint density at radius 3 is 2.10 bits per heavy atom. The first-order valence-electron chi connectivity index (χ1n) is 6.66. The van der Waals surface area contributed by atoms with Gasteiger partial charge in [-0.05, 0) is 0 Å². The Hall–Kier alpha value is 0.930. The molecule has 0 bridgehead atoms. The van der Waals surface area contributed by atoms with Gasteiger partial charge >= 0.3 is 118 Å². The van der Waals surface area contributed by atoms with E-state index < -0.39 is 16.2 Å². The van der Waals surface area contributed by atoms with Gasteiger partial charge in [0.15, 0.2) is 0 Å². The van der Waals surface area contributed by atoms with Gasteiger partial charge in [-0.15, -0.1) is 24.8 Å². The molecule has 2 rings (SSSR count). The number of halogens is 3. The van der Waals surface area contributed by atoms with Crippen LogP contribution in [-0.4, -0.2) is 6.88 Å². The Labute approximate surface area is 141 Å². The van der Waals surface area contributed by atoms with Crippen molar-refractivity contribution < 1.29 is 16.2 Å². The van der Waals surface area contributed by atoms with Crippen LogP contribution in [0.2, 0.25) is 4.63 Å². The molecule has 2 aliphatic carbocycles. The van der Waals surface area contributed by atoms with Gasteiger partial charge in [0.25, 0.3) is 0 Å². The van der Waals surface area contributed by atoms with Crippen molar-refractivity contribution in [3.8, 4) is 0 Å². The average molecular weight is 431 g/mol. The smallest absolute Gasteiger partial charge is 0.147 e. The molecule has 0 saturated carbocycles. The molecule has 20 heavy (non-hydrogen) atoms. The molecule has 5 heteroatoms. The maximum Gasteiger partial charge on any atom is -0.147 e. The minimum Gasteiger partial charge on any atom is -0.147 e. The molecule has 0 radical (unpaired) electrons. The largest absolute Gasteiger partial charge is 0.147 e. The third kappa shape index (κ3) is 3.15. The Balaban J connectivity index is 0.00000180. The van der Waals surface area contributed by atoms with Gasteiger partial charge in [-0.2, -0.15) is 0 Å². The first-order valence-corrected chi connectivity index (χ1v) is 20.7. The van der Waals surface area contributed by atoms with E-state index in [9.17, 15) is 0 Å². The molecular weight excluding hydrogens is 406 g/mol. The fourth-order valence-corrected chi connectivity index (χ4v) is 20.9. The van der Waals surface area contributed by atoms with Crippen LogP contribution in [0.15, 0.2) is 41.5 Å². The van der Waals surface area contributed by atoms with Crippen LogP contribution in [0.25, 0.3) is 0 Å². The number of hydrogen-bond donors (Lipinski definition) is 0. The second-order valence-electron chi connectivity index (χ2n) is 6.24. The quantitative estimate of drug-likeness (QED) is 0.516. The van der Waals surface area contributed by atoms with E-state index in [1.54, 1.807) is 3.28 Å². The average Bonchev–Trinajstić information content (AvgIpc) is 2.85. The zero-order chi connectivity index (χ0) is 13.7. The van der Waals surface area contributed by atoms with E-state index in [2.05, 4.69) is 57.4 Å². The van der Waals surface area contributed by atoms with E-state index in [4.69, 9.17) is 8.51 Å². The monoisotopic (exact) mass is 428 g/mol. The van der Waals surface area contributed by atoms with Gasteiger partial charge in [-0.3, -0.25) is 0 Å². The van der Waals surface area contributed by atoms with Gasteiger partial charge in [0.2, 0.25) is 0 Å². The van der Waals surface area contributed by atoms with Crippen molar-refractivity contribution in [1.29, 1.82) is 0 Å². The normalized spacial score (nSPS) is 22.8. The van der Waals surface area contributed by atoms with Gasteiger partial charge in [0.1, 0.15) is 0 Å². The van der Waals surface area contributed by atoms with Crippen LogP contribution < -0.4 is 0 Å². The van der Waals surface area contributed by atoms with Crippen molar-refractivity contribution in [2.75, 3.05) is 0 Å². The van der Waals surface area contributed by atoms with Gasteiger partial charge in [0, 0.05) is 0 Å². The van der Waals surface area contributed by atoms with Crippen LogP contribution in [0.1, 0.15) is 34.1 Å². The van der Waals surface area contributed by atoms with Crippen molar-refractivity contribution in [3.05, 3.63) is 41.5 Å². The SMILES string of the molecule is CC1=C(C)C(C)[C]([Zr]([CH3])(=[SiH2])([Cl])[C]2=CC=CC2)=C1C.Cl.Cl. The second kappa shape index (κ2) is 6.59. The zero-order valence-electron chi connectivity index (χ0n) is 12.9. The molecule has 0 aromatic carbocycles. The first-order chi connectivity index (χ1) is 8.15. The Kier molecular flexibility index (Phi) is 6.89. The molecule has 1 atom stereocenters. The number of allylic oxidation sites excluding steroid dienone is 8. The molecule has 0 saturated heterocycles. The summed E-state index contributed by atoms with van der Waals surface area (Å²) >= 11 is -3.39. The van der Waals surface area contributed by atoms with Crippen molar-refractivity contribution >= 4 is 40.2 Å². The molecular formula is C15H25Cl3SiZr. The summed E-state index contributed by atoms with van der Waals surface area (Å²) in [6.45, 7) is 11.3. The summed E-state index contributed by atoms with van der Waals surface area (Å²) in [5, 5.41) is 0. The minimum atomic E-state index is -3.39. The molecule has 0 amide bonds. The van der Waals surface area contributed by atoms with Crippen LogP contribution >= 0.6 is 33.3 Å². The second-order valence-corrected chi connectivity index (χ2v) is 37.4. The van der Waals surface area contributed by atoms with Gasteiger partial charge in [-0.25, -0.2) is 0 Å². The van der Waals surface area contributed by atoms with E-state index in [-0.39, 0.29) is 24.8 Å². The van der Waals surface area contributed by atoms with Crippen LogP contribution in [0, 0.1) is 5.92 Å². The predicted octanol–water partition coefficient (Wildman–Crippen LogP) is 5.37. The zero-order valence-corrected chi connectivity index (χ0v) is 19.2. The third-order valence-corrected chi connectivity index (χ3v) is 22.9. The summed E-state index contributed by atoms with van der Waals surface area (Å²) in [6.07, 6.45) is 7.76.